The number of benzene rings is 1. The fourth-order valence-electron chi connectivity index (χ4n) is 1.38. The lowest BCUT2D eigenvalue weighted by atomic mass is 10.2. The molecule has 0 aromatic heterocycles. The minimum absolute atomic E-state index is 0.893. The van der Waals surface area contributed by atoms with Gasteiger partial charge < -0.3 is 0 Å². The van der Waals surface area contributed by atoms with Crippen LogP contribution in [0.25, 0.3) is 0 Å². The van der Waals surface area contributed by atoms with E-state index in [2.05, 4.69) is 45.1 Å². The van der Waals surface area contributed by atoms with Gasteiger partial charge in [-0.25, -0.2) is 0 Å². The molecule has 0 radical (unpaired) electrons. The molecule has 0 spiro atoms. The molecule has 1 aromatic rings. The first-order chi connectivity index (χ1) is 7.36. The van der Waals surface area contributed by atoms with Crippen LogP contribution in [0.3, 0.4) is 0 Å². The van der Waals surface area contributed by atoms with E-state index in [9.17, 15) is 0 Å². The molecule has 0 unspecified atom stereocenters. The van der Waals surface area contributed by atoms with Gasteiger partial charge in [0.05, 0.1) is 0 Å². The molecule has 1 nitrogen and oxygen atoms in total. The lowest BCUT2D eigenvalue weighted by Gasteiger charge is -2.19. The Morgan fingerprint density at radius 2 is 2.00 bits per heavy atom. The second-order valence-electron chi connectivity index (χ2n) is 3.27. The standard InChI is InChI=1S/C12H15BrClN/c13-7-10-15(9-4-8-14)11-12-5-2-1-3-6-12/h1-6,8H,7,9-11H2/b8-4+. The SMILES string of the molecule is Cl/C=C/CN(CCBr)Cc1ccccc1. The fourth-order valence-corrected chi connectivity index (χ4v) is 1.97. The Hall–Kier alpha value is -0.310. The van der Waals surface area contributed by atoms with Crippen LogP contribution in [0.1, 0.15) is 5.56 Å². The maximum atomic E-state index is 5.53. The summed E-state index contributed by atoms with van der Waals surface area (Å²) >= 11 is 8.99. The highest BCUT2D eigenvalue weighted by Gasteiger charge is 2.02. The molecule has 0 saturated carbocycles. The average molecular weight is 289 g/mol. The Labute approximate surface area is 105 Å². The van der Waals surface area contributed by atoms with Crippen LogP contribution in [0, 0.1) is 0 Å². The third-order valence-electron chi connectivity index (χ3n) is 2.10. The summed E-state index contributed by atoms with van der Waals surface area (Å²) in [5, 5.41) is 0.982. The third kappa shape index (κ3) is 5.36. The van der Waals surface area contributed by atoms with Crippen LogP contribution < -0.4 is 0 Å². The molecular formula is C12H15BrClN. The van der Waals surface area contributed by atoms with Crippen molar-refractivity contribution in [1.29, 1.82) is 0 Å². The zero-order valence-corrected chi connectivity index (χ0v) is 10.9. The van der Waals surface area contributed by atoms with Gasteiger partial charge in [-0.05, 0) is 5.56 Å². The Kier molecular flexibility index (Phi) is 6.73. The van der Waals surface area contributed by atoms with Crippen molar-refractivity contribution in [2.75, 3.05) is 18.4 Å². The van der Waals surface area contributed by atoms with Gasteiger partial charge in [0.2, 0.25) is 0 Å². The molecule has 0 aliphatic rings. The van der Waals surface area contributed by atoms with Gasteiger partial charge in [-0.2, -0.15) is 0 Å². The van der Waals surface area contributed by atoms with E-state index < -0.39 is 0 Å². The second kappa shape index (κ2) is 7.91. The first-order valence-electron chi connectivity index (χ1n) is 4.94. The highest BCUT2D eigenvalue weighted by molar-refractivity contribution is 9.09. The van der Waals surface area contributed by atoms with Gasteiger partial charge in [0.25, 0.3) is 0 Å². The summed E-state index contributed by atoms with van der Waals surface area (Å²) in [7, 11) is 0. The van der Waals surface area contributed by atoms with Crippen molar-refractivity contribution in [3.8, 4) is 0 Å². The van der Waals surface area contributed by atoms with Crippen LogP contribution >= 0.6 is 27.5 Å². The zero-order chi connectivity index (χ0) is 10.9. The summed E-state index contributed by atoms with van der Waals surface area (Å²) in [6.07, 6.45) is 1.97. The normalized spacial score (nSPS) is 11.4. The first kappa shape index (κ1) is 12.8. The van der Waals surface area contributed by atoms with Gasteiger partial charge in [-0.15, -0.1) is 0 Å². The van der Waals surface area contributed by atoms with Crippen molar-refractivity contribution in [3.05, 3.63) is 47.5 Å². The summed E-state index contributed by atoms with van der Waals surface area (Å²) in [5.74, 6) is 0. The highest BCUT2D eigenvalue weighted by Crippen LogP contribution is 2.05. The highest BCUT2D eigenvalue weighted by atomic mass is 79.9. The molecule has 0 saturated heterocycles. The molecule has 15 heavy (non-hydrogen) atoms. The summed E-state index contributed by atoms with van der Waals surface area (Å²) in [4.78, 5) is 2.34. The molecule has 1 aromatic carbocycles. The fraction of sp³-hybridized carbons (Fsp3) is 0.333. The molecule has 0 amide bonds. The van der Waals surface area contributed by atoms with Gasteiger partial charge in [-0.3, -0.25) is 4.90 Å². The van der Waals surface area contributed by atoms with Crippen LogP contribution in [0.5, 0.6) is 0 Å². The number of rotatable bonds is 6. The van der Waals surface area contributed by atoms with Gasteiger partial charge >= 0.3 is 0 Å². The molecular weight excluding hydrogens is 273 g/mol. The van der Waals surface area contributed by atoms with E-state index >= 15 is 0 Å². The van der Waals surface area contributed by atoms with Gasteiger partial charge in [0.1, 0.15) is 0 Å². The average Bonchev–Trinajstić information content (AvgIpc) is 2.28. The maximum Gasteiger partial charge on any atom is 0.0237 e. The minimum Gasteiger partial charge on any atom is -0.295 e. The van der Waals surface area contributed by atoms with Gasteiger partial charge in [0.15, 0.2) is 0 Å². The van der Waals surface area contributed by atoms with E-state index in [1.54, 1.807) is 5.54 Å². The molecule has 0 aliphatic carbocycles. The molecule has 1 rings (SSSR count). The zero-order valence-electron chi connectivity index (χ0n) is 8.57. The Bertz CT molecular complexity index is 287. The Morgan fingerprint density at radius 1 is 1.27 bits per heavy atom. The minimum atomic E-state index is 0.893. The van der Waals surface area contributed by atoms with Crippen molar-refractivity contribution >= 4 is 27.5 Å². The van der Waals surface area contributed by atoms with Gasteiger partial charge in [0, 0.05) is 30.5 Å². The number of hydrogen-bond donors (Lipinski definition) is 0. The van der Waals surface area contributed by atoms with Crippen LogP contribution in [-0.4, -0.2) is 23.3 Å². The first-order valence-corrected chi connectivity index (χ1v) is 6.50. The molecule has 0 atom stereocenters. The molecule has 0 bridgehead atoms. The van der Waals surface area contributed by atoms with E-state index in [0.29, 0.717) is 0 Å². The Balaban J connectivity index is 2.50. The maximum absolute atomic E-state index is 5.53. The van der Waals surface area contributed by atoms with E-state index in [0.717, 1.165) is 25.0 Å². The number of halogens is 2. The van der Waals surface area contributed by atoms with Crippen molar-refractivity contribution in [2.24, 2.45) is 0 Å². The van der Waals surface area contributed by atoms with Gasteiger partial charge in [-0.1, -0.05) is 63.9 Å². The quantitative estimate of drug-likeness (QED) is 0.723. The molecule has 3 heteroatoms. The van der Waals surface area contributed by atoms with Crippen LogP contribution in [-0.2, 0) is 6.54 Å². The number of hydrogen-bond acceptors (Lipinski definition) is 1. The molecule has 0 aliphatic heterocycles. The smallest absolute Gasteiger partial charge is 0.0237 e. The molecule has 0 heterocycles. The third-order valence-corrected chi connectivity index (χ3v) is 2.64. The second-order valence-corrected chi connectivity index (χ2v) is 4.32. The van der Waals surface area contributed by atoms with Crippen molar-refractivity contribution in [1.82, 2.24) is 4.90 Å². The largest absolute Gasteiger partial charge is 0.295 e. The summed E-state index contributed by atoms with van der Waals surface area (Å²) in [5.41, 5.74) is 2.91. The predicted octanol–water partition coefficient (Wildman–Crippen LogP) is 3.64. The van der Waals surface area contributed by atoms with Crippen LogP contribution in [0.2, 0.25) is 0 Å². The predicted molar refractivity (Wildman–Crippen MR) is 70.5 cm³/mol. The monoisotopic (exact) mass is 287 g/mol. The Morgan fingerprint density at radius 3 is 2.60 bits per heavy atom. The molecule has 0 fully saturated rings. The van der Waals surface area contributed by atoms with Crippen molar-refractivity contribution < 1.29 is 0 Å². The van der Waals surface area contributed by atoms with Crippen molar-refractivity contribution in [2.45, 2.75) is 6.54 Å². The summed E-state index contributed by atoms with van der Waals surface area (Å²) in [6, 6.07) is 10.5. The summed E-state index contributed by atoms with van der Waals surface area (Å²) in [6.45, 7) is 2.88. The number of alkyl halides is 1. The van der Waals surface area contributed by atoms with E-state index in [-0.39, 0.29) is 0 Å². The van der Waals surface area contributed by atoms with Crippen LogP contribution in [0.4, 0.5) is 0 Å². The topological polar surface area (TPSA) is 3.24 Å². The lowest BCUT2D eigenvalue weighted by molar-refractivity contribution is 0.315. The lowest BCUT2D eigenvalue weighted by Crippen LogP contribution is -2.25. The van der Waals surface area contributed by atoms with E-state index in [1.807, 2.05) is 12.1 Å². The van der Waals surface area contributed by atoms with E-state index in [4.69, 9.17) is 11.6 Å². The van der Waals surface area contributed by atoms with Crippen LogP contribution in [0.15, 0.2) is 41.9 Å². The molecule has 0 N–H and O–H groups in total. The van der Waals surface area contributed by atoms with E-state index in [1.165, 1.54) is 5.56 Å². The summed E-state index contributed by atoms with van der Waals surface area (Å²) < 4.78 is 0. The number of nitrogens with zero attached hydrogens (tertiary/aromatic N) is 1. The molecule has 82 valence electrons. The van der Waals surface area contributed by atoms with Crippen molar-refractivity contribution in [3.63, 3.8) is 0 Å².